The van der Waals surface area contributed by atoms with Crippen LogP contribution in [0.15, 0.2) is 72.8 Å². The number of amides is 1. The molecule has 1 aliphatic heterocycles. The van der Waals surface area contributed by atoms with Crippen molar-refractivity contribution < 1.29 is 19.0 Å². The van der Waals surface area contributed by atoms with Crippen molar-refractivity contribution in [1.82, 2.24) is 4.90 Å². The monoisotopic (exact) mass is 484 g/mol. The van der Waals surface area contributed by atoms with E-state index >= 15 is 0 Å². The Balaban J connectivity index is 1.53. The Bertz CT molecular complexity index is 1260. The summed E-state index contributed by atoms with van der Waals surface area (Å²) in [5, 5.41) is 3.75. The van der Waals surface area contributed by atoms with Crippen LogP contribution in [0.1, 0.15) is 45.4 Å². The highest BCUT2D eigenvalue weighted by molar-refractivity contribution is 6.00. The number of methoxy groups -OCH3 is 3. The Hall–Kier alpha value is -3.93. The van der Waals surface area contributed by atoms with Crippen LogP contribution in [0.2, 0.25) is 0 Å². The van der Waals surface area contributed by atoms with E-state index in [1.54, 1.807) is 26.2 Å². The van der Waals surface area contributed by atoms with Gasteiger partial charge in [0.1, 0.15) is 0 Å². The van der Waals surface area contributed by atoms with Gasteiger partial charge in [0, 0.05) is 19.5 Å². The lowest BCUT2D eigenvalue weighted by molar-refractivity contribution is 0.0785. The number of nitrogens with zero attached hydrogens (tertiary/aromatic N) is 1. The van der Waals surface area contributed by atoms with Gasteiger partial charge in [-0.1, -0.05) is 54.6 Å². The predicted octanol–water partition coefficient (Wildman–Crippen LogP) is 5.81. The second-order valence-corrected chi connectivity index (χ2v) is 9.35. The molecule has 1 heterocycles. The molecule has 1 aliphatic carbocycles. The van der Waals surface area contributed by atoms with Crippen molar-refractivity contribution in [2.45, 2.75) is 24.9 Å². The van der Waals surface area contributed by atoms with Gasteiger partial charge in [-0.05, 0) is 47.2 Å². The van der Waals surface area contributed by atoms with Crippen LogP contribution in [-0.4, -0.2) is 39.2 Å². The Morgan fingerprint density at radius 1 is 0.972 bits per heavy atom. The van der Waals surface area contributed by atoms with Crippen LogP contribution < -0.4 is 19.5 Å². The summed E-state index contributed by atoms with van der Waals surface area (Å²) in [6, 6.07) is 20.1. The first-order chi connectivity index (χ1) is 17.5. The van der Waals surface area contributed by atoms with Crippen molar-refractivity contribution in [3.8, 4) is 17.2 Å². The highest BCUT2D eigenvalue weighted by Gasteiger charge is 2.40. The lowest BCUT2D eigenvalue weighted by Gasteiger charge is -2.39. The molecule has 0 bridgehead atoms. The molecule has 0 saturated heterocycles. The van der Waals surface area contributed by atoms with Gasteiger partial charge in [-0.15, -0.1) is 0 Å². The fraction of sp³-hybridized carbons (Fsp3) is 0.300. The van der Waals surface area contributed by atoms with Crippen molar-refractivity contribution >= 4 is 11.6 Å². The van der Waals surface area contributed by atoms with Crippen LogP contribution >= 0.6 is 0 Å². The first-order valence-corrected chi connectivity index (χ1v) is 12.2. The van der Waals surface area contributed by atoms with Gasteiger partial charge in [0.2, 0.25) is 5.75 Å². The van der Waals surface area contributed by atoms with Gasteiger partial charge in [0.05, 0.1) is 38.6 Å². The van der Waals surface area contributed by atoms with Gasteiger partial charge < -0.3 is 24.4 Å². The number of nitrogens with one attached hydrogen (secondary N) is 1. The van der Waals surface area contributed by atoms with Crippen molar-refractivity contribution in [1.29, 1.82) is 0 Å². The van der Waals surface area contributed by atoms with Crippen molar-refractivity contribution in [3.63, 3.8) is 0 Å². The minimum absolute atomic E-state index is 0.00716. The van der Waals surface area contributed by atoms with E-state index in [1.165, 1.54) is 0 Å². The molecule has 1 N–H and O–H groups in total. The summed E-state index contributed by atoms with van der Waals surface area (Å²) in [6.45, 7) is 0.547. The summed E-state index contributed by atoms with van der Waals surface area (Å²) in [4.78, 5) is 15.4. The van der Waals surface area contributed by atoms with Crippen LogP contribution in [0.3, 0.4) is 0 Å². The fourth-order valence-corrected chi connectivity index (χ4v) is 5.55. The lowest BCUT2D eigenvalue weighted by atomic mass is 9.76. The van der Waals surface area contributed by atoms with Crippen molar-refractivity contribution in [3.05, 3.63) is 95.1 Å². The molecule has 0 saturated carbocycles. The van der Waals surface area contributed by atoms with Gasteiger partial charge in [-0.2, -0.15) is 0 Å². The number of para-hydroxylation sites is 1. The molecular weight excluding hydrogens is 452 g/mol. The SMILES string of the molecule is COc1cc(C2Nc3c(C(=O)N(C)Cc4ccccc4)cccc3C3C=CCC32)cc(OC)c1OC. The normalized spacial score (nSPS) is 19.6. The first-order valence-electron chi connectivity index (χ1n) is 12.2. The third-order valence-electron chi connectivity index (χ3n) is 7.28. The molecule has 5 rings (SSSR count). The van der Waals surface area contributed by atoms with E-state index in [9.17, 15) is 4.79 Å². The lowest BCUT2D eigenvalue weighted by Crippen LogP contribution is -2.32. The molecule has 3 unspecified atom stereocenters. The highest BCUT2D eigenvalue weighted by atomic mass is 16.5. The molecule has 2 aliphatic rings. The molecule has 3 atom stereocenters. The number of carbonyl (C=O) groups is 1. The number of hydrogen-bond acceptors (Lipinski definition) is 5. The molecular formula is C30H32N2O4. The van der Waals surface area contributed by atoms with Gasteiger partial charge >= 0.3 is 0 Å². The molecule has 36 heavy (non-hydrogen) atoms. The minimum atomic E-state index is -0.0282. The number of fused-ring (bicyclic) bond motifs is 3. The number of benzene rings is 3. The molecule has 0 radical (unpaired) electrons. The summed E-state index contributed by atoms with van der Waals surface area (Å²) in [5.74, 6) is 2.33. The zero-order chi connectivity index (χ0) is 25.2. The van der Waals surface area contributed by atoms with E-state index in [0.29, 0.717) is 35.3 Å². The maximum Gasteiger partial charge on any atom is 0.256 e. The topological polar surface area (TPSA) is 60.0 Å². The summed E-state index contributed by atoms with van der Waals surface area (Å²) in [7, 11) is 6.72. The molecule has 0 fully saturated rings. The average Bonchev–Trinajstić information content (AvgIpc) is 3.42. The standard InChI is InChI=1S/C30H32N2O4/c1-32(18-19-10-6-5-7-11-19)30(33)24-15-9-14-23-21-12-8-13-22(21)27(31-28(23)24)20-16-25(34-2)29(36-4)26(17-20)35-3/h5-12,14-17,21-22,27,31H,13,18H2,1-4H3. The second kappa shape index (κ2) is 9.97. The molecule has 6 heteroatoms. The van der Waals surface area contributed by atoms with E-state index < -0.39 is 0 Å². The summed E-state index contributed by atoms with van der Waals surface area (Å²) < 4.78 is 16.8. The zero-order valence-corrected chi connectivity index (χ0v) is 21.2. The van der Waals surface area contributed by atoms with Gasteiger partial charge in [0.25, 0.3) is 5.91 Å². The summed E-state index contributed by atoms with van der Waals surface area (Å²) >= 11 is 0. The number of anilines is 1. The summed E-state index contributed by atoms with van der Waals surface area (Å²) in [6.07, 6.45) is 5.47. The third-order valence-corrected chi connectivity index (χ3v) is 7.28. The summed E-state index contributed by atoms with van der Waals surface area (Å²) in [5.41, 5.74) is 4.88. The Morgan fingerprint density at radius 2 is 1.69 bits per heavy atom. The number of ether oxygens (including phenoxy) is 3. The molecule has 1 amide bonds. The van der Waals surface area contributed by atoms with Gasteiger partial charge in [-0.25, -0.2) is 0 Å². The van der Waals surface area contributed by atoms with Crippen LogP contribution in [0.25, 0.3) is 0 Å². The van der Waals surface area contributed by atoms with Gasteiger partial charge in [0.15, 0.2) is 11.5 Å². The Kier molecular flexibility index (Phi) is 6.59. The Labute approximate surface area is 212 Å². The van der Waals surface area contributed by atoms with Crippen LogP contribution in [0.5, 0.6) is 17.2 Å². The van der Waals surface area contributed by atoms with Crippen molar-refractivity contribution in [2.24, 2.45) is 5.92 Å². The van der Waals surface area contributed by atoms with Crippen LogP contribution in [-0.2, 0) is 6.54 Å². The van der Waals surface area contributed by atoms with E-state index in [-0.39, 0.29) is 17.9 Å². The molecule has 0 spiro atoms. The van der Waals surface area contributed by atoms with E-state index in [0.717, 1.165) is 28.8 Å². The molecule has 3 aromatic rings. The largest absolute Gasteiger partial charge is 0.493 e. The fourth-order valence-electron chi connectivity index (χ4n) is 5.55. The maximum atomic E-state index is 13.7. The van der Waals surface area contributed by atoms with Crippen molar-refractivity contribution in [2.75, 3.05) is 33.7 Å². The minimum Gasteiger partial charge on any atom is -0.493 e. The van der Waals surface area contributed by atoms with E-state index in [4.69, 9.17) is 14.2 Å². The molecule has 186 valence electrons. The highest BCUT2D eigenvalue weighted by Crippen LogP contribution is 2.52. The quantitative estimate of drug-likeness (QED) is 0.429. The number of hydrogen-bond donors (Lipinski definition) is 1. The van der Waals surface area contributed by atoms with E-state index in [1.807, 2.05) is 61.6 Å². The van der Waals surface area contributed by atoms with Gasteiger partial charge in [-0.3, -0.25) is 4.79 Å². The van der Waals surface area contributed by atoms with Crippen LogP contribution in [0, 0.1) is 5.92 Å². The second-order valence-electron chi connectivity index (χ2n) is 9.35. The first kappa shape index (κ1) is 23.8. The van der Waals surface area contributed by atoms with E-state index in [2.05, 4.69) is 23.5 Å². The zero-order valence-electron chi connectivity index (χ0n) is 21.2. The number of carbonyl (C=O) groups excluding carboxylic acids is 1. The Morgan fingerprint density at radius 3 is 2.36 bits per heavy atom. The molecule has 0 aromatic heterocycles. The van der Waals surface area contributed by atoms with Crippen LogP contribution in [0.4, 0.5) is 5.69 Å². The smallest absolute Gasteiger partial charge is 0.256 e. The molecule has 3 aromatic carbocycles. The maximum absolute atomic E-state index is 13.7. The number of allylic oxidation sites excluding steroid dienone is 2. The third kappa shape index (κ3) is 4.17. The predicted molar refractivity (Wildman–Crippen MR) is 141 cm³/mol. The number of rotatable bonds is 7. The average molecular weight is 485 g/mol. The molecule has 6 nitrogen and oxygen atoms in total.